The van der Waals surface area contributed by atoms with E-state index in [1.807, 2.05) is 0 Å². The maximum Gasteiger partial charge on any atom is 0.0809 e. The van der Waals surface area contributed by atoms with E-state index in [2.05, 4.69) is 26.1 Å². The van der Waals surface area contributed by atoms with Gasteiger partial charge >= 0.3 is 0 Å². The molecule has 1 fully saturated rings. The van der Waals surface area contributed by atoms with E-state index in [9.17, 15) is 0 Å². The lowest BCUT2D eigenvalue weighted by Crippen LogP contribution is -2.36. The van der Waals surface area contributed by atoms with Crippen LogP contribution in [0.5, 0.6) is 0 Å². The smallest absolute Gasteiger partial charge is 0.0809 e. The fraction of sp³-hybridized carbons (Fsp3) is 1.00. The molecule has 2 atom stereocenters. The molecule has 0 aromatic rings. The predicted octanol–water partition coefficient (Wildman–Crippen LogP) is 2.37. The van der Waals surface area contributed by atoms with Gasteiger partial charge in [0.05, 0.1) is 18.3 Å². The first kappa shape index (κ1) is 16.9. The van der Waals surface area contributed by atoms with Gasteiger partial charge in [0.2, 0.25) is 0 Å². The third kappa shape index (κ3) is 7.88. The van der Waals surface area contributed by atoms with Crippen LogP contribution >= 0.6 is 0 Å². The Balaban J connectivity index is 1.92. The molecule has 1 N–H and O–H groups in total. The van der Waals surface area contributed by atoms with Crippen LogP contribution in [-0.2, 0) is 14.2 Å². The lowest BCUT2D eigenvalue weighted by molar-refractivity contribution is 0.00725. The first-order valence-electron chi connectivity index (χ1n) is 7.51. The van der Waals surface area contributed by atoms with Crippen molar-refractivity contribution in [2.45, 2.75) is 64.2 Å². The minimum absolute atomic E-state index is 0.0528. The Hall–Kier alpha value is -0.160. The van der Waals surface area contributed by atoms with Crippen LogP contribution in [0.3, 0.4) is 0 Å². The molecule has 114 valence electrons. The van der Waals surface area contributed by atoms with Crippen LogP contribution in [-0.4, -0.2) is 51.2 Å². The molecule has 2 unspecified atom stereocenters. The third-order valence-electron chi connectivity index (χ3n) is 3.64. The van der Waals surface area contributed by atoms with Gasteiger partial charge in [0.25, 0.3) is 0 Å². The first-order chi connectivity index (χ1) is 9.03. The molecule has 0 aliphatic carbocycles. The highest BCUT2D eigenvalue weighted by Crippen LogP contribution is 2.15. The van der Waals surface area contributed by atoms with E-state index in [0.29, 0.717) is 12.1 Å². The highest BCUT2D eigenvalue weighted by molar-refractivity contribution is 4.75. The van der Waals surface area contributed by atoms with Crippen molar-refractivity contribution in [2.24, 2.45) is 0 Å². The minimum atomic E-state index is -0.0528. The fourth-order valence-corrected chi connectivity index (χ4v) is 2.41. The summed E-state index contributed by atoms with van der Waals surface area (Å²) in [5.41, 5.74) is -0.0528. The van der Waals surface area contributed by atoms with Crippen LogP contribution in [0, 0.1) is 0 Å². The van der Waals surface area contributed by atoms with Crippen LogP contribution < -0.4 is 5.32 Å². The van der Waals surface area contributed by atoms with Crippen molar-refractivity contribution in [1.29, 1.82) is 0 Å². The van der Waals surface area contributed by atoms with Gasteiger partial charge in [-0.25, -0.2) is 0 Å². The zero-order valence-electron chi connectivity index (χ0n) is 13.0. The molecule has 0 bridgehead atoms. The maximum absolute atomic E-state index is 5.63. The van der Waals surface area contributed by atoms with Gasteiger partial charge in [0.15, 0.2) is 0 Å². The Labute approximate surface area is 118 Å². The summed E-state index contributed by atoms with van der Waals surface area (Å²) in [6.45, 7) is 9.91. The lowest BCUT2D eigenvalue weighted by Gasteiger charge is -2.27. The molecule has 4 heteroatoms. The molecule has 0 saturated carbocycles. The predicted molar refractivity (Wildman–Crippen MR) is 77.6 cm³/mol. The summed E-state index contributed by atoms with van der Waals surface area (Å²) in [5, 5.41) is 3.51. The number of hydrogen-bond donors (Lipinski definition) is 1. The molecule has 1 rings (SSSR count). The molecule has 0 amide bonds. The molecule has 0 spiro atoms. The fourth-order valence-electron chi connectivity index (χ4n) is 2.41. The van der Waals surface area contributed by atoms with E-state index in [1.54, 1.807) is 7.11 Å². The Morgan fingerprint density at radius 1 is 1.42 bits per heavy atom. The number of rotatable bonds is 10. The molecule has 1 aliphatic heterocycles. The second-order valence-electron chi connectivity index (χ2n) is 6.09. The first-order valence-corrected chi connectivity index (χ1v) is 7.51. The summed E-state index contributed by atoms with van der Waals surface area (Å²) in [5.74, 6) is 0. The summed E-state index contributed by atoms with van der Waals surface area (Å²) in [4.78, 5) is 0. The van der Waals surface area contributed by atoms with Crippen molar-refractivity contribution < 1.29 is 14.2 Å². The molecule has 1 aliphatic rings. The average molecular weight is 273 g/mol. The third-order valence-corrected chi connectivity index (χ3v) is 3.64. The van der Waals surface area contributed by atoms with Crippen molar-refractivity contribution in [3.05, 3.63) is 0 Å². The molecule has 0 aromatic carbocycles. The van der Waals surface area contributed by atoms with Gasteiger partial charge in [0.1, 0.15) is 0 Å². The summed E-state index contributed by atoms with van der Waals surface area (Å²) in [7, 11) is 1.77. The zero-order valence-corrected chi connectivity index (χ0v) is 13.0. The zero-order chi connectivity index (χ0) is 14.1. The number of nitrogens with one attached hydrogen (secondary N) is 1. The standard InChI is InChI=1S/C15H31NO3/c1-13(11-15(2,3)17-4)16-8-6-9-18-12-14-7-5-10-19-14/h13-14,16H,5-12H2,1-4H3. The van der Waals surface area contributed by atoms with E-state index < -0.39 is 0 Å². The molecule has 0 radical (unpaired) electrons. The van der Waals surface area contributed by atoms with Crippen molar-refractivity contribution in [3.8, 4) is 0 Å². The van der Waals surface area contributed by atoms with Gasteiger partial charge in [-0.1, -0.05) is 0 Å². The number of hydrogen-bond acceptors (Lipinski definition) is 4. The molecular formula is C15H31NO3. The van der Waals surface area contributed by atoms with Gasteiger partial charge in [-0.15, -0.1) is 0 Å². The van der Waals surface area contributed by atoms with E-state index in [4.69, 9.17) is 14.2 Å². The Morgan fingerprint density at radius 3 is 2.84 bits per heavy atom. The molecular weight excluding hydrogens is 242 g/mol. The topological polar surface area (TPSA) is 39.7 Å². The monoisotopic (exact) mass is 273 g/mol. The molecule has 1 heterocycles. The van der Waals surface area contributed by atoms with Crippen LogP contribution in [0.25, 0.3) is 0 Å². The van der Waals surface area contributed by atoms with Crippen LogP contribution in [0.1, 0.15) is 46.5 Å². The Bertz CT molecular complexity index is 227. The summed E-state index contributed by atoms with van der Waals surface area (Å²) in [6, 6.07) is 0.466. The highest BCUT2D eigenvalue weighted by atomic mass is 16.5. The van der Waals surface area contributed by atoms with Gasteiger partial charge in [-0.05, 0) is 53.0 Å². The SMILES string of the molecule is COC(C)(C)CC(C)NCCCOCC1CCCO1. The molecule has 0 aromatic heterocycles. The molecule has 1 saturated heterocycles. The lowest BCUT2D eigenvalue weighted by atomic mass is 10.00. The second kappa shape index (κ2) is 8.90. The molecule has 19 heavy (non-hydrogen) atoms. The van der Waals surface area contributed by atoms with Crippen molar-refractivity contribution >= 4 is 0 Å². The van der Waals surface area contributed by atoms with Crippen LogP contribution in [0.15, 0.2) is 0 Å². The summed E-state index contributed by atoms with van der Waals surface area (Å²) < 4.78 is 16.6. The second-order valence-corrected chi connectivity index (χ2v) is 6.09. The Kier molecular flexibility index (Phi) is 7.91. The van der Waals surface area contributed by atoms with Crippen LogP contribution in [0.4, 0.5) is 0 Å². The van der Waals surface area contributed by atoms with Gasteiger partial charge in [0, 0.05) is 26.4 Å². The van der Waals surface area contributed by atoms with Crippen LogP contribution in [0.2, 0.25) is 0 Å². The largest absolute Gasteiger partial charge is 0.379 e. The average Bonchev–Trinajstić information content (AvgIpc) is 2.86. The number of methoxy groups -OCH3 is 1. The number of ether oxygens (including phenoxy) is 3. The van der Waals surface area contributed by atoms with E-state index in [1.165, 1.54) is 6.42 Å². The Morgan fingerprint density at radius 2 is 2.21 bits per heavy atom. The minimum Gasteiger partial charge on any atom is -0.379 e. The van der Waals surface area contributed by atoms with Crippen molar-refractivity contribution in [1.82, 2.24) is 5.32 Å². The maximum atomic E-state index is 5.63. The van der Waals surface area contributed by atoms with Crippen molar-refractivity contribution in [2.75, 3.05) is 33.5 Å². The summed E-state index contributed by atoms with van der Waals surface area (Å²) >= 11 is 0. The normalized spacial score (nSPS) is 21.8. The van der Waals surface area contributed by atoms with E-state index in [0.717, 1.165) is 45.6 Å². The summed E-state index contributed by atoms with van der Waals surface area (Å²) in [6.07, 6.45) is 4.74. The van der Waals surface area contributed by atoms with Gasteiger partial charge in [-0.3, -0.25) is 0 Å². The van der Waals surface area contributed by atoms with Gasteiger partial charge in [-0.2, -0.15) is 0 Å². The van der Waals surface area contributed by atoms with Crippen molar-refractivity contribution in [3.63, 3.8) is 0 Å². The van der Waals surface area contributed by atoms with Gasteiger partial charge < -0.3 is 19.5 Å². The molecule has 4 nitrogen and oxygen atoms in total. The quantitative estimate of drug-likeness (QED) is 0.620. The van der Waals surface area contributed by atoms with E-state index >= 15 is 0 Å². The highest BCUT2D eigenvalue weighted by Gasteiger charge is 2.19. The van der Waals surface area contributed by atoms with E-state index in [-0.39, 0.29) is 5.60 Å².